The van der Waals surface area contributed by atoms with Crippen molar-refractivity contribution >= 4 is 32.6 Å². The van der Waals surface area contributed by atoms with Gasteiger partial charge in [0.2, 0.25) is 5.96 Å². The lowest BCUT2D eigenvalue weighted by atomic mass is 10.0. The van der Waals surface area contributed by atoms with Crippen molar-refractivity contribution in [1.29, 1.82) is 0 Å². The van der Waals surface area contributed by atoms with Crippen molar-refractivity contribution in [2.45, 2.75) is 11.0 Å². The summed E-state index contributed by atoms with van der Waals surface area (Å²) in [5.74, 6) is 4.59. The molecule has 32 heavy (non-hydrogen) atoms. The number of hydrogen-bond acceptors (Lipinski definition) is 6. The number of pyridine rings is 1. The van der Waals surface area contributed by atoms with Gasteiger partial charge in [0.25, 0.3) is 0 Å². The Morgan fingerprint density at radius 2 is 1.88 bits per heavy atom. The molecule has 0 bridgehead atoms. The number of hydrogen-bond donors (Lipinski definition) is 0. The van der Waals surface area contributed by atoms with Crippen LogP contribution in [-0.4, -0.2) is 69.9 Å². The first-order chi connectivity index (χ1) is 15.2. The standard InChI is InChI=1S/C25H28N4O2S/c1-18-16-23(21-10-12-26-13-11-21)27-25(28(18)3)29-14-15-31-24(17-29)19(2)20-6-8-22(9-7-20)32(4,5)30/h6-13,16,24H,1-2,4,14-15,17H2,3,5H3. The molecule has 1 aromatic carbocycles. The van der Waals surface area contributed by atoms with Gasteiger partial charge in [-0.15, -0.1) is 0 Å². The largest absolute Gasteiger partial charge is 0.370 e. The Hall–Kier alpha value is -3.16. The number of likely N-dealkylation sites (N-methyl/N-ethyl adjacent to an activating group) is 1. The van der Waals surface area contributed by atoms with Crippen molar-refractivity contribution in [1.82, 2.24) is 14.8 Å². The van der Waals surface area contributed by atoms with Crippen molar-refractivity contribution in [3.63, 3.8) is 0 Å². The van der Waals surface area contributed by atoms with Crippen LogP contribution in [0.5, 0.6) is 0 Å². The quantitative estimate of drug-likeness (QED) is 0.672. The molecule has 2 atom stereocenters. The van der Waals surface area contributed by atoms with E-state index in [4.69, 9.17) is 9.73 Å². The lowest BCUT2D eigenvalue weighted by Gasteiger charge is -2.40. The Labute approximate surface area is 190 Å². The molecule has 2 aliphatic rings. The molecule has 6 nitrogen and oxygen atoms in total. The van der Waals surface area contributed by atoms with E-state index < -0.39 is 9.52 Å². The molecule has 1 aromatic heterocycles. The minimum atomic E-state index is -2.24. The van der Waals surface area contributed by atoms with E-state index in [9.17, 15) is 4.21 Å². The zero-order valence-corrected chi connectivity index (χ0v) is 19.3. The zero-order valence-electron chi connectivity index (χ0n) is 18.5. The number of morpholine rings is 1. The van der Waals surface area contributed by atoms with Gasteiger partial charge in [0.05, 0.1) is 18.8 Å². The van der Waals surface area contributed by atoms with E-state index in [1.54, 1.807) is 18.6 Å². The van der Waals surface area contributed by atoms with Gasteiger partial charge >= 0.3 is 0 Å². The summed E-state index contributed by atoms with van der Waals surface area (Å²) in [7, 11) is -0.269. The summed E-state index contributed by atoms with van der Waals surface area (Å²) in [6.07, 6.45) is 6.96. The van der Waals surface area contributed by atoms with Gasteiger partial charge in [-0.05, 0) is 56.9 Å². The lowest BCUT2D eigenvalue weighted by molar-refractivity contribution is 0.0248. The smallest absolute Gasteiger partial charge is 0.206 e. The van der Waals surface area contributed by atoms with Crippen molar-refractivity contribution in [3.8, 4) is 0 Å². The molecular weight excluding hydrogens is 420 g/mol. The molecule has 2 unspecified atom stereocenters. The number of nitrogens with zero attached hydrogens (tertiary/aromatic N) is 4. The van der Waals surface area contributed by atoms with Gasteiger partial charge in [-0.3, -0.25) is 9.19 Å². The van der Waals surface area contributed by atoms with Crippen LogP contribution in [0.1, 0.15) is 11.1 Å². The molecular formula is C25H28N4O2S. The van der Waals surface area contributed by atoms with E-state index >= 15 is 0 Å². The lowest BCUT2D eigenvalue weighted by Crippen LogP contribution is -2.51. The number of aromatic nitrogens is 1. The number of rotatable bonds is 4. The van der Waals surface area contributed by atoms with Crippen LogP contribution in [0.3, 0.4) is 0 Å². The molecule has 0 aliphatic carbocycles. The van der Waals surface area contributed by atoms with Gasteiger partial charge in [0, 0.05) is 48.4 Å². The molecule has 0 radical (unpaired) electrons. The maximum absolute atomic E-state index is 12.2. The Morgan fingerprint density at radius 1 is 1.19 bits per heavy atom. The van der Waals surface area contributed by atoms with Gasteiger partial charge in [0.1, 0.15) is 6.10 Å². The average Bonchev–Trinajstić information content (AvgIpc) is 2.80. The van der Waals surface area contributed by atoms with E-state index in [0.29, 0.717) is 13.2 Å². The fraction of sp³-hybridized carbons (Fsp3) is 0.240. The minimum absolute atomic E-state index is 0.181. The Kier molecular flexibility index (Phi) is 6.04. The van der Waals surface area contributed by atoms with Gasteiger partial charge in [0.15, 0.2) is 0 Å². The van der Waals surface area contributed by atoms with Crippen molar-refractivity contribution < 1.29 is 8.95 Å². The van der Waals surface area contributed by atoms with Crippen LogP contribution in [-0.2, 0) is 14.3 Å². The van der Waals surface area contributed by atoms with E-state index in [-0.39, 0.29) is 6.10 Å². The average molecular weight is 449 g/mol. The molecule has 2 aliphatic heterocycles. The molecule has 7 heteroatoms. The van der Waals surface area contributed by atoms with Crippen LogP contribution < -0.4 is 0 Å². The van der Waals surface area contributed by atoms with E-state index in [1.165, 1.54) is 0 Å². The zero-order chi connectivity index (χ0) is 22.9. The normalized spacial score (nSPS) is 20.9. The Bertz CT molecular complexity index is 1200. The van der Waals surface area contributed by atoms with Crippen LogP contribution in [0.15, 0.2) is 83.6 Å². The molecule has 2 aromatic rings. The Balaban J connectivity index is 1.55. The molecule has 0 amide bonds. The molecule has 1 fully saturated rings. The van der Waals surface area contributed by atoms with Crippen LogP contribution in [0, 0.1) is 0 Å². The summed E-state index contributed by atoms with van der Waals surface area (Å²) in [5.41, 5.74) is 4.58. The second kappa shape index (κ2) is 8.76. The van der Waals surface area contributed by atoms with Crippen molar-refractivity contribution in [3.05, 3.63) is 84.8 Å². The highest BCUT2D eigenvalue weighted by Gasteiger charge is 2.29. The first-order valence-electron chi connectivity index (χ1n) is 10.4. The summed E-state index contributed by atoms with van der Waals surface area (Å²) in [5, 5.41) is 0. The van der Waals surface area contributed by atoms with Gasteiger partial charge < -0.3 is 14.5 Å². The summed E-state index contributed by atoms with van der Waals surface area (Å²) in [4.78, 5) is 14.0. The van der Waals surface area contributed by atoms with E-state index in [1.807, 2.05) is 54.4 Å². The number of benzene rings is 1. The first-order valence-corrected chi connectivity index (χ1v) is 12.5. The number of aliphatic imine (C=N–C) groups is 1. The van der Waals surface area contributed by atoms with Crippen LogP contribution >= 0.6 is 0 Å². The van der Waals surface area contributed by atoms with Crippen LogP contribution in [0.2, 0.25) is 0 Å². The van der Waals surface area contributed by atoms with E-state index in [0.717, 1.165) is 45.5 Å². The predicted octanol–water partition coefficient (Wildman–Crippen LogP) is 3.36. The highest BCUT2D eigenvalue weighted by molar-refractivity contribution is 7.99. The van der Waals surface area contributed by atoms with Crippen LogP contribution in [0.4, 0.5) is 0 Å². The minimum Gasteiger partial charge on any atom is -0.370 e. The third-order valence-electron chi connectivity index (χ3n) is 5.69. The summed E-state index contributed by atoms with van der Waals surface area (Å²) >= 11 is 0. The van der Waals surface area contributed by atoms with Gasteiger partial charge in [-0.25, -0.2) is 4.99 Å². The number of guanidine groups is 1. The fourth-order valence-corrected chi connectivity index (χ4v) is 4.45. The summed E-state index contributed by atoms with van der Waals surface area (Å²) in [6, 6.07) is 11.5. The molecule has 0 saturated carbocycles. The molecule has 0 spiro atoms. The first kappa shape index (κ1) is 22.0. The van der Waals surface area contributed by atoms with Gasteiger partial charge in [-0.1, -0.05) is 25.3 Å². The Morgan fingerprint density at radius 3 is 2.53 bits per heavy atom. The molecule has 4 rings (SSSR count). The highest BCUT2D eigenvalue weighted by Crippen LogP contribution is 2.28. The van der Waals surface area contributed by atoms with Crippen molar-refractivity contribution in [2.24, 2.45) is 4.99 Å². The fourth-order valence-electron chi connectivity index (χ4n) is 3.74. The molecule has 1 saturated heterocycles. The third-order valence-corrected chi connectivity index (χ3v) is 6.96. The topological polar surface area (TPSA) is 58.0 Å². The number of ether oxygens (including phenoxy) is 1. The molecule has 0 N–H and O–H groups in total. The summed E-state index contributed by atoms with van der Waals surface area (Å²) < 4.78 is 18.2. The maximum atomic E-state index is 12.2. The third kappa shape index (κ3) is 4.54. The molecule has 166 valence electrons. The van der Waals surface area contributed by atoms with Crippen LogP contribution in [0.25, 0.3) is 11.3 Å². The summed E-state index contributed by atoms with van der Waals surface area (Å²) in [6.45, 7) is 10.4. The SMILES string of the molecule is C=C(c1ccc(S(=C)(C)=O)cc1)C1CN(C2=NC(c3ccncc3)=CC(=C)N2C)CCO1. The molecule has 3 heterocycles. The van der Waals surface area contributed by atoms with Crippen molar-refractivity contribution in [2.75, 3.05) is 33.0 Å². The highest BCUT2D eigenvalue weighted by atomic mass is 32.2. The maximum Gasteiger partial charge on any atom is 0.206 e. The number of allylic oxidation sites excluding steroid dienone is 1. The second-order valence-electron chi connectivity index (χ2n) is 8.09. The monoisotopic (exact) mass is 448 g/mol. The predicted molar refractivity (Wildman–Crippen MR) is 133 cm³/mol. The van der Waals surface area contributed by atoms with Gasteiger partial charge in [-0.2, -0.15) is 0 Å². The second-order valence-corrected chi connectivity index (χ2v) is 10.6. The van der Waals surface area contributed by atoms with E-state index in [2.05, 4.69) is 28.9 Å².